The molecule has 0 fully saturated rings. The molecule has 0 aliphatic heterocycles. The zero-order chi connectivity index (χ0) is 13.2. The first kappa shape index (κ1) is 11.5. The molecule has 4 heteroatoms. The first-order valence-electron chi connectivity index (χ1n) is 5.94. The number of anilines is 1. The third-order valence-corrected chi connectivity index (χ3v) is 2.91. The van der Waals surface area contributed by atoms with Crippen LogP contribution in [0, 0.1) is 0 Å². The molecule has 0 unspecified atom stereocenters. The molecule has 1 heterocycles. The zero-order valence-corrected chi connectivity index (χ0v) is 10.5. The van der Waals surface area contributed by atoms with Crippen molar-refractivity contribution in [1.29, 1.82) is 0 Å². The van der Waals surface area contributed by atoms with Gasteiger partial charge in [-0.15, -0.1) is 0 Å². The minimum Gasteiger partial charge on any atom is -0.480 e. The van der Waals surface area contributed by atoms with Crippen LogP contribution in [0.5, 0.6) is 5.88 Å². The first-order valence-corrected chi connectivity index (χ1v) is 5.94. The molecular formula is C15H13N3O. The van der Waals surface area contributed by atoms with Crippen molar-refractivity contribution in [1.82, 2.24) is 9.97 Å². The van der Waals surface area contributed by atoms with Crippen LogP contribution >= 0.6 is 0 Å². The predicted molar refractivity (Wildman–Crippen MR) is 75.9 cm³/mol. The molecule has 0 aliphatic rings. The van der Waals surface area contributed by atoms with Gasteiger partial charge in [-0.2, -0.15) is 4.98 Å². The SMILES string of the molecule is COc1nc(-c2ccccc2)nc2ccc(N)cc12. The molecule has 2 aromatic carbocycles. The number of benzene rings is 2. The van der Waals surface area contributed by atoms with Gasteiger partial charge in [0.1, 0.15) is 0 Å². The highest BCUT2D eigenvalue weighted by Crippen LogP contribution is 2.27. The zero-order valence-electron chi connectivity index (χ0n) is 10.5. The summed E-state index contributed by atoms with van der Waals surface area (Å²) < 4.78 is 5.34. The summed E-state index contributed by atoms with van der Waals surface area (Å²) in [4.78, 5) is 8.99. The van der Waals surface area contributed by atoms with Gasteiger partial charge in [0.2, 0.25) is 5.88 Å². The Labute approximate surface area is 110 Å². The van der Waals surface area contributed by atoms with Crippen LogP contribution in [-0.4, -0.2) is 17.1 Å². The highest BCUT2D eigenvalue weighted by Gasteiger charge is 2.09. The molecule has 0 atom stereocenters. The number of methoxy groups -OCH3 is 1. The molecule has 1 aromatic heterocycles. The molecule has 4 nitrogen and oxygen atoms in total. The van der Waals surface area contributed by atoms with E-state index in [-0.39, 0.29) is 0 Å². The topological polar surface area (TPSA) is 61.0 Å². The minimum absolute atomic E-state index is 0.538. The van der Waals surface area contributed by atoms with Crippen LogP contribution in [-0.2, 0) is 0 Å². The van der Waals surface area contributed by atoms with E-state index in [1.165, 1.54) is 0 Å². The quantitative estimate of drug-likeness (QED) is 0.711. The lowest BCUT2D eigenvalue weighted by Crippen LogP contribution is -1.96. The molecule has 3 rings (SSSR count). The van der Waals surface area contributed by atoms with Crippen molar-refractivity contribution in [2.24, 2.45) is 0 Å². The van der Waals surface area contributed by atoms with E-state index in [0.717, 1.165) is 16.5 Å². The Morgan fingerprint density at radius 2 is 1.79 bits per heavy atom. The minimum atomic E-state index is 0.538. The average molecular weight is 251 g/mol. The van der Waals surface area contributed by atoms with Gasteiger partial charge in [0.05, 0.1) is 18.0 Å². The molecular weight excluding hydrogens is 238 g/mol. The van der Waals surface area contributed by atoms with E-state index < -0.39 is 0 Å². The van der Waals surface area contributed by atoms with E-state index in [9.17, 15) is 0 Å². The Hall–Kier alpha value is -2.62. The maximum Gasteiger partial charge on any atom is 0.224 e. The second-order valence-electron chi connectivity index (χ2n) is 4.20. The summed E-state index contributed by atoms with van der Waals surface area (Å²) in [6.07, 6.45) is 0. The molecule has 94 valence electrons. The van der Waals surface area contributed by atoms with Gasteiger partial charge in [0.25, 0.3) is 0 Å². The fraction of sp³-hybridized carbons (Fsp3) is 0.0667. The van der Waals surface area contributed by atoms with Crippen LogP contribution in [0.25, 0.3) is 22.3 Å². The third kappa shape index (κ3) is 2.08. The van der Waals surface area contributed by atoms with E-state index in [1.807, 2.05) is 48.5 Å². The van der Waals surface area contributed by atoms with Gasteiger partial charge in [-0.3, -0.25) is 0 Å². The Balaban J connectivity index is 2.26. The van der Waals surface area contributed by atoms with E-state index in [2.05, 4.69) is 9.97 Å². The van der Waals surface area contributed by atoms with Crippen molar-refractivity contribution < 1.29 is 4.74 Å². The number of rotatable bonds is 2. The Bertz CT molecular complexity index is 726. The largest absolute Gasteiger partial charge is 0.480 e. The molecule has 2 N–H and O–H groups in total. The summed E-state index contributed by atoms with van der Waals surface area (Å²) >= 11 is 0. The third-order valence-electron chi connectivity index (χ3n) is 2.91. The normalized spacial score (nSPS) is 10.6. The van der Waals surface area contributed by atoms with Gasteiger partial charge in [0, 0.05) is 11.3 Å². The molecule has 0 radical (unpaired) electrons. The van der Waals surface area contributed by atoms with Gasteiger partial charge in [-0.1, -0.05) is 30.3 Å². The van der Waals surface area contributed by atoms with Crippen molar-refractivity contribution in [2.45, 2.75) is 0 Å². The van der Waals surface area contributed by atoms with Crippen molar-refractivity contribution in [2.75, 3.05) is 12.8 Å². The van der Waals surface area contributed by atoms with Crippen molar-refractivity contribution in [3.8, 4) is 17.3 Å². The van der Waals surface area contributed by atoms with Gasteiger partial charge in [0.15, 0.2) is 5.82 Å². The number of nitrogens with zero attached hydrogens (tertiary/aromatic N) is 2. The summed E-state index contributed by atoms with van der Waals surface area (Å²) in [6.45, 7) is 0. The maximum absolute atomic E-state index is 5.79. The van der Waals surface area contributed by atoms with Crippen LogP contribution in [0.2, 0.25) is 0 Å². The molecule has 3 aromatic rings. The smallest absolute Gasteiger partial charge is 0.224 e. The summed E-state index contributed by atoms with van der Waals surface area (Å²) in [5.41, 5.74) is 8.23. The second-order valence-corrected chi connectivity index (χ2v) is 4.20. The molecule has 0 aliphatic carbocycles. The van der Waals surface area contributed by atoms with E-state index >= 15 is 0 Å². The van der Waals surface area contributed by atoms with Crippen LogP contribution in [0.1, 0.15) is 0 Å². The molecule has 0 spiro atoms. The van der Waals surface area contributed by atoms with Gasteiger partial charge in [-0.05, 0) is 18.2 Å². The summed E-state index contributed by atoms with van der Waals surface area (Å²) in [5.74, 6) is 1.19. The Morgan fingerprint density at radius 3 is 2.53 bits per heavy atom. The van der Waals surface area contributed by atoms with E-state index in [4.69, 9.17) is 10.5 Å². The maximum atomic E-state index is 5.79. The predicted octanol–water partition coefficient (Wildman–Crippen LogP) is 2.89. The Morgan fingerprint density at radius 1 is 1.00 bits per heavy atom. The molecule has 0 amide bonds. The standard InChI is InChI=1S/C15H13N3O/c1-19-15-12-9-11(16)7-8-13(12)17-14(18-15)10-5-3-2-4-6-10/h2-9H,16H2,1H3. The number of nitrogen functional groups attached to an aromatic ring is 1. The number of ether oxygens (including phenoxy) is 1. The average Bonchev–Trinajstić information content (AvgIpc) is 2.47. The lowest BCUT2D eigenvalue weighted by molar-refractivity contribution is 0.403. The fourth-order valence-corrected chi connectivity index (χ4v) is 1.99. The van der Waals surface area contributed by atoms with Crippen LogP contribution in [0.4, 0.5) is 5.69 Å². The van der Waals surface area contributed by atoms with Crippen molar-refractivity contribution in [3.05, 3.63) is 48.5 Å². The van der Waals surface area contributed by atoms with Crippen LogP contribution < -0.4 is 10.5 Å². The lowest BCUT2D eigenvalue weighted by atomic mass is 10.2. The summed E-state index contributed by atoms with van der Waals surface area (Å²) in [5, 5.41) is 0.821. The second kappa shape index (κ2) is 4.57. The van der Waals surface area contributed by atoms with Crippen molar-refractivity contribution >= 4 is 16.6 Å². The molecule has 19 heavy (non-hydrogen) atoms. The number of hydrogen-bond donors (Lipinski definition) is 1. The fourth-order valence-electron chi connectivity index (χ4n) is 1.99. The lowest BCUT2D eigenvalue weighted by Gasteiger charge is -2.08. The summed E-state index contributed by atoms with van der Waals surface area (Å²) in [7, 11) is 1.60. The highest BCUT2D eigenvalue weighted by molar-refractivity contribution is 5.87. The van der Waals surface area contributed by atoms with Gasteiger partial charge >= 0.3 is 0 Å². The molecule has 0 saturated carbocycles. The van der Waals surface area contributed by atoms with Crippen LogP contribution in [0.3, 0.4) is 0 Å². The van der Waals surface area contributed by atoms with E-state index in [1.54, 1.807) is 7.11 Å². The number of aromatic nitrogens is 2. The summed E-state index contributed by atoms with van der Waals surface area (Å²) in [6, 6.07) is 15.3. The van der Waals surface area contributed by atoms with Gasteiger partial charge < -0.3 is 10.5 Å². The monoisotopic (exact) mass is 251 g/mol. The number of nitrogens with two attached hydrogens (primary N) is 1. The molecule has 0 saturated heterocycles. The van der Waals surface area contributed by atoms with Gasteiger partial charge in [-0.25, -0.2) is 4.98 Å². The van der Waals surface area contributed by atoms with E-state index in [0.29, 0.717) is 17.4 Å². The molecule has 0 bridgehead atoms. The van der Waals surface area contributed by atoms with Crippen molar-refractivity contribution in [3.63, 3.8) is 0 Å². The number of hydrogen-bond acceptors (Lipinski definition) is 4. The first-order chi connectivity index (χ1) is 9.28. The highest BCUT2D eigenvalue weighted by atomic mass is 16.5. The van der Waals surface area contributed by atoms with Crippen LogP contribution in [0.15, 0.2) is 48.5 Å². The Kier molecular flexibility index (Phi) is 2.76. The number of fused-ring (bicyclic) bond motifs is 1.